The predicted molar refractivity (Wildman–Crippen MR) is 95.2 cm³/mol. The molecule has 0 saturated heterocycles. The molecule has 6 heteroatoms. The zero-order valence-corrected chi connectivity index (χ0v) is 14.9. The van der Waals surface area contributed by atoms with Gasteiger partial charge in [0.25, 0.3) is 0 Å². The molecule has 0 fully saturated rings. The zero-order chi connectivity index (χ0) is 16.2. The van der Waals surface area contributed by atoms with Gasteiger partial charge < -0.3 is 4.74 Å². The number of hydrogen-bond donors (Lipinski definition) is 0. The summed E-state index contributed by atoms with van der Waals surface area (Å²) >= 11 is 7.92. The van der Waals surface area contributed by atoms with Crippen LogP contribution < -0.4 is 0 Å². The van der Waals surface area contributed by atoms with Crippen molar-refractivity contribution in [3.63, 3.8) is 0 Å². The van der Waals surface area contributed by atoms with E-state index in [1.807, 2.05) is 11.6 Å². The zero-order valence-electron chi connectivity index (χ0n) is 13.3. The van der Waals surface area contributed by atoms with Gasteiger partial charge in [0.1, 0.15) is 0 Å². The summed E-state index contributed by atoms with van der Waals surface area (Å²) in [5.74, 6) is 0. The van der Waals surface area contributed by atoms with E-state index < -0.39 is 0 Å². The first-order valence-corrected chi connectivity index (χ1v) is 8.80. The summed E-state index contributed by atoms with van der Waals surface area (Å²) < 4.78 is 7.33. The van der Waals surface area contributed by atoms with E-state index in [0.29, 0.717) is 11.8 Å². The highest BCUT2D eigenvalue weighted by atomic mass is 35.5. The number of rotatable bonds is 7. The number of thiazole rings is 1. The van der Waals surface area contributed by atoms with Crippen LogP contribution in [-0.4, -0.2) is 34.5 Å². The number of fused-ring (bicyclic) bond motifs is 1. The second-order valence-electron chi connectivity index (χ2n) is 5.59. The molecule has 0 unspecified atom stereocenters. The van der Waals surface area contributed by atoms with Crippen LogP contribution in [0.2, 0.25) is 5.15 Å². The summed E-state index contributed by atoms with van der Waals surface area (Å²) in [6.45, 7) is 5.24. The highest BCUT2D eigenvalue weighted by Crippen LogP contribution is 2.23. The summed E-state index contributed by atoms with van der Waals surface area (Å²) in [7, 11) is 1.73. The van der Waals surface area contributed by atoms with Crippen LogP contribution in [0.15, 0.2) is 35.8 Å². The number of methoxy groups -OCH3 is 1. The molecular formula is C17H20ClN3OS. The summed E-state index contributed by atoms with van der Waals surface area (Å²) in [4.78, 5) is 7.69. The molecule has 0 aliphatic rings. The second-order valence-corrected chi connectivity index (χ2v) is 6.82. The molecule has 2 heterocycles. The smallest absolute Gasteiger partial charge is 0.195 e. The monoisotopic (exact) mass is 349 g/mol. The van der Waals surface area contributed by atoms with Crippen molar-refractivity contribution >= 4 is 27.9 Å². The Morgan fingerprint density at radius 2 is 2.04 bits per heavy atom. The molecule has 0 atom stereocenters. The average Bonchev–Trinajstić information content (AvgIpc) is 3.09. The van der Waals surface area contributed by atoms with Crippen LogP contribution in [0, 0.1) is 6.92 Å². The molecule has 0 aliphatic heterocycles. The Morgan fingerprint density at radius 3 is 2.78 bits per heavy atom. The SMILES string of the molecule is COCCN(Cc1ccc(C)cc1)Cc1c(Cl)nc2sccn12. The standard InChI is InChI=1S/C17H20ClN3OS/c1-13-3-5-14(6-4-13)11-20(7-9-22-2)12-15-16(18)19-17-21(15)8-10-23-17/h3-6,8,10H,7,9,11-12H2,1-2H3. The van der Waals surface area contributed by atoms with E-state index in [1.54, 1.807) is 18.4 Å². The third-order valence-corrected chi connectivity index (χ3v) is 4.88. The van der Waals surface area contributed by atoms with Crippen molar-refractivity contribution in [2.24, 2.45) is 0 Å². The lowest BCUT2D eigenvalue weighted by Crippen LogP contribution is -2.27. The van der Waals surface area contributed by atoms with Gasteiger partial charge in [-0.05, 0) is 12.5 Å². The highest BCUT2D eigenvalue weighted by Gasteiger charge is 2.15. The van der Waals surface area contributed by atoms with Gasteiger partial charge in [-0.2, -0.15) is 0 Å². The number of aromatic nitrogens is 2. The van der Waals surface area contributed by atoms with Crippen LogP contribution in [-0.2, 0) is 17.8 Å². The van der Waals surface area contributed by atoms with E-state index in [4.69, 9.17) is 16.3 Å². The number of aryl methyl sites for hydroxylation is 1. The Bertz CT molecular complexity index is 766. The van der Waals surface area contributed by atoms with E-state index in [1.165, 1.54) is 11.1 Å². The molecular weight excluding hydrogens is 330 g/mol. The molecule has 3 rings (SSSR count). The van der Waals surface area contributed by atoms with E-state index in [-0.39, 0.29) is 0 Å². The Hall–Kier alpha value is -1.40. The van der Waals surface area contributed by atoms with E-state index in [9.17, 15) is 0 Å². The van der Waals surface area contributed by atoms with Crippen molar-refractivity contribution in [1.82, 2.24) is 14.3 Å². The Labute approximate surface area is 145 Å². The lowest BCUT2D eigenvalue weighted by Gasteiger charge is -2.22. The Balaban J connectivity index is 1.79. The van der Waals surface area contributed by atoms with Gasteiger partial charge in [-0.1, -0.05) is 41.4 Å². The van der Waals surface area contributed by atoms with Crippen LogP contribution in [0.5, 0.6) is 0 Å². The summed E-state index contributed by atoms with van der Waals surface area (Å²) in [6.07, 6.45) is 2.02. The first-order valence-electron chi connectivity index (χ1n) is 7.54. The third-order valence-electron chi connectivity index (χ3n) is 3.82. The van der Waals surface area contributed by atoms with Gasteiger partial charge in [0.15, 0.2) is 10.1 Å². The van der Waals surface area contributed by atoms with Gasteiger partial charge in [-0.15, -0.1) is 11.3 Å². The van der Waals surface area contributed by atoms with Gasteiger partial charge in [0.2, 0.25) is 0 Å². The molecule has 122 valence electrons. The number of nitrogens with zero attached hydrogens (tertiary/aromatic N) is 3. The Morgan fingerprint density at radius 1 is 1.26 bits per heavy atom. The van der Waals surface area contributed by atoms with E-state index in [2.05, 4.69) is 45.5 Å². The molecule has 3 aromatic rings. The number of ether oxygens (including phenoxy) is 1. The quantitative estimate of drug-likeness (QED) is 0.645. The van der Waals surface area contributed by atoms with Gasteiger partial charge in [0.05, 0.1) is 12.3 Å². The number of imidazole rings is 1. The molecule has 4 nitrogen and oxygen atoms in total. The van der Waals surface area contributed by atoms with Gasteiger partial charge in [0, 0.05) is 38.3 Å². The van der Waals surface area contributed by atoms with Crippen LogP contribution in [0.25, 0.3) is 4.96 Å². The highest BCUT2D eigenvalue weighted by molar-refractivity contribution is 7.15. The fraction of sp³-hybridized carbons (Fsp3) is 0.353. The fourth-order valence-electron chi connectivity index (χ4n) is 2.55. The first-order chi connectivity index (χ1) is 11.2. The molecule has 0 radical (unpaired) electrons. The molecule has 0 bridgehead atoms. The van der Waals surface area contributed by atoms with E-state index >= 15 is 0 Å². The first kappa shape index (κ1) is 16.5. The topological polar surface area (TPSA) is 29.8 Å². The van der Waals surface area contributed by atoms with Crippen LogP contribution >= 0.6 is 22.9 Å². The number of halogens is 1. The molecule has 0 aliphatic carbocycles. The molecule has 0 spiro atoms. The number of benzene rings is 1. The summed E-state index contributed by atoms with van der Waals surface area (Å²) in [5, 5.41) is 2.62. The Kier molecular flexibility index (Phi) is 5.33. The largest absolute Gasteiger partial charge is 0.383 e. The second kappa shape index (κ2) is 7.45. The van der Waals surface area contributed by atoms with Crippen LogP contribution in [0.3, 0.4) is 0 Å². The fourth-order valence-corrected chi connectivity index (χ4v) is 3.56. The normalized spacial score (nSPS) is 11.7. The average molecular weight is 350 g/mol. The van der Waals surface area contributed by atoms with Crippen molar-refractivity contribution in [3.8, 4) is 0 Å². The lowest BCUT2D eigenvalue weighted by atomic mass is 10.1. The third kappa shape index (κ3) is 3.93. The minimum Gasteiger partial charge on any atom is -0.383 e. The summed E-state index contributed by atoms with van der Waals surface area (Å²) in [6, 6.07) is 8.64. The van der Waals surface area contributed by atoms with Gasteiger partial charge in [-0.3, -0.25) is 9.30 Å². The number of hydrogen-bond acceptors (Lipinski definition) is 4. The maximum Gasteiger partial charge on any atom is 0.195 e. The van der Waals surface area contributed by atoms with Crippen molar-refractivity contribution < 1.29 is 4.74 Å². The van der Waals surface area contributed by atoms with Crippen molar-refractivity contribution in [2.45, 2.75) is 20.0 Å². The molecule has 1 aromatic carbocycles. The van der Waals surface area contributed by atoms with Crippen LogP contribution in [0.4, 0.5) is 0 Å². The molecule has 23 heavy (non-hydrogen) atoms. The molecule has 0 saturated carbocycles. The predicted octanol–water partition coefficient (Wildman–Crippen LogP) is 4.01. The summed E-state index contributed by atoms with van der Waals surface area (Å²) in [5.41, 5.74) is 3.59. The molecule has 2 aromatic heterocycles. The minimum absolute atomic E-state index is 0.586. The minimum atomic E-state index is 0.586. The van der Waals surface area contributed by atoms with Crippen molar-refractivity contribution in [1.29, 1.82) is 0 Å². The van der Waals surface area contributed by atoms with Gasteiger partial charge >= 0.3 is 0 Å². The van der Waals surface area contributed by atoms with E-state index in [0.717, 1.165) is 30.3 Å². The van der Waals surface area contributed by atoms with Crippen molar-refractivity contribution in [3.05, 3.63) is 57.8 Å². The van der Waals surface area contributed by atoms with Gasteiger partial charge in [-0.25, -0.2) is 4.98 Å². The van der Waals surface area contributed by atoms with Crippen LogP contribution in [0.1, 0.15) is 16.8 Å². The maximum absolute atomic E-state index is 6.33. The molecule has 0 amide bonds. The lowest BCUT2D eigenvalue weighted by molar-refractivity contribution is 0.139. The maximum atomic E-state index is 6.33. The van der Waals surface area contributed by atoms with Crippen molar-refractivity contribution in [2.75, 3.05) is 20.3 Å². The molecule has 0 N–H and O–H groups in total.